The van der Waals surface area contributed by atoms with Crippen molar-refractivity contribution in [1.29, 1.82) is 0 Å². The quantitative estimate of drug-likeness (QED) is 0.681. The van der Waals surface area contributed by atoms with Crippen molar-refractivity contribution in [3.8, 4) is 0 Å². The molecule has 1 aliphatic heterocycles. The fourth-order valence-corrected chi connectivity index (χ4v) is 3.03. The summed E-state index contributed by atoms with van der Waals surface area (Å²) in [6.45, 7) is 1.79. The van der Waals surface area contributed by atoms with Gasteiger partial charge >= 0.3 is 0 Å². The molecule has 0 aromatic heterocycles. The summed E-state index contributed by atoms with van der Waals surface area (Å²) in [5.41, 5.74) is 5.12. The van der Waals surface area contributed by atoms with Crippen LogP contribution in [0.1, 0.15) is 45.4 Å². The van der Waals surface area contributed by atoms with Crippen LogP contribution in [0.25, 0.3) is 0 Å². The van der Waals surface area contributed by atoms with E-state index in [4.69, 9.17) is 5.73 Å². The lowest BCUT2D eigenvalue weighted by Gasteiger charge is -2.23. The standard InChI is InChI=1S/C13H21N3O3/c1-8(6-11(14)17)15-10-7-12(18)16(13(10)19)9-4-2-3-5-9/h8-10,15H,2-7H2,1H3,(H2,14,17). The van der Waals surface area contributed by atoms with E-state index in [0.717, 1.165) is 25.7 Å². The van der Waals surface area contributed by atoms with E-state index in [1.807, 2.05) is 0 Å². The molecule has 1 saturated carbocycles. The highest BCUT2D eigenvalue weighted by atomic mass is 16.2. The number of amides is 3. The van der Waals surface area contributed by atoms with Gasteiger partial charge in [0.2, 0.25) is 17.7 Å². The van der Waals surface area contributed by atoms with Gasteiger partial charge in [0.15, 0.2) is 0 Å². The number of imide groups is 1. The van der Waals surface area contributed by atoms with Crippen LogP contribution in [0, 0.1) is 0 Å². The predicted molar refractivity (Wildman–Crippen MR) is 68.9 cm³/mol. The zero-order valence-electron chi connectivity index (χ0n) is 11.2. The fraction of sp³-hybridized carbons (Fsp3) is 0.769. The van der Waals surface area contributed by atoms with Crippen molar-refractivity contribution in [2.24, 2.45) is 5.73 Å². The van der Waals surface area contributed by atoms with Gasteiger partial charge in [-0.1, -0.05) is 12.8 Å². The summed E-state index contributed by atoms with van der Waals surface area (Å²) in [6.07, 6.45) is 4.36. The molecule has 3 N–H and O–H groups in total. The predicted octanol–water partition coefficient (Wildman–Crippen LogP) is -0.0900. The first-order valence-electron chi connectivity index (χ1n) is 6.89. The molecule has 2 atom stereocenters. The van der Waals surface area contributed by atoms with Crippen molar-refractivity contribution in [2.45, 2.75) is 63.6 Å². The lowest BCUT2D eigenvalue weighted by atomic mass is 10.1. The zero-order chi connectivity index (χ0) is 14.0. The van der Waals surface area contributed by atoms with E-state index in [2.05, 4.69) is 5.32 Å². The third-order valence-electron chi connectivity index (χ3n) is 3.87. The summed E-state index contributed by atoms with van der Waals surface area (Å²) in [5, 5.41) is 3.03. The van der Waals surface area contributed by atoms with E-state index >= 15 is 0 Å². The van der Waals surface area contributed by atoms with Crippen molar-refractivity contribution < 1.29 is 14.4 Å². The Bertz CT molecular complexity index is 391. The van der Waals surface area contributed by atoms with Crippen molar-refractivity contribution in [2.75, 3.05) is 0 Å². The van der Waals surface area contributed by atoms with Crippen LogP contribution in [0.3, 0.4) is 0 Å². The Kier molecular flexibility index (Phi) is 4.19. The van der Waals surface area contributed by atoms with Gasteiger partial charge in [0.05, 0.1) is 12.5 Å². The van der Waals surface area contributed by atoms with Crippen molar-refractivity contribution in [1.82, 2.24) is 10.2 Å². The first kappa shape index (κ1) is 14.0. The van der Waals surface area contributed by atoms with E-state index in [0.29, 0.717) is 0 Å². The second-order valence-corrected chi connectivity index (χ2v) is 5.54. The molecule has 2 rings (SSSR count). The fourth-order valence-electron chi connectivity index (χ4n) is 3.03. The van der Waals surface area contributed by atoms with E-state index in [-0.39, 0.29) is 36.7 Å². The highest BCUT2D eigenvalue weighted by Gasteiger charge is 2.43. The number of nitrogens with zero attached hydrogens (tertiary/aromatic N) is 1. The van der Waals surface area contributed by atoms with Crippen LogP contribution in [-0.4, -0.2) is 40.7 Å². The van der Waals surface area contributed by atoms with Crippen LogP contribution >= 0.6 is 0 Å². The van der Waals surface area contributed by atoms with Gasteiger partial charge in [-0.15, -0.1) is 0 Å². The molecule has 0 aromatic carbocycles. The molecule has 2 aliphatic rings. The normalized spacial score (nSPS) is 26.2. The van der Waals surface area contributed by atoms with Crippen LogP contribution in [0.15, 0.2) is 0 Å². The zero-order valence-corrected chi connectivity index (χ0v) is 11.2. The highest BCUT2D eigenvalue weighted by Crippen LogP contribution is 2.28. The van der Waals surface area contributed by atoms with Crippen LogP contribution in [0.5, 0.6) is 0 Å². The maximum absolute atomic E-state index is 12.3. The van der Waals surface area contributed by atoms with Gasteiger partial charge in [0.1, 0.15) is 0 Å². The Morgan fingerprint density at radius 2 is 2.05 bits per heavy atom. The monoisotopic (exact) mass is 267 g/mol. The van der Waals surface area contributed by atoms with Crippen LogP contribution in [0.2, 0.25) is 0 Å². The summed E-state index contributed by atoms with van der Waals surface area (Å²) in [4.78, 5) is 36.5. The topological polar surface area (TPSA) is 92.5 Å². The Labute approximate surface area is 112 Å². The Hall–Kier alpha value is -1.43. The number of hydrogen-bond donors (Lipinski definition) is 2. The molecule has 1 heterocycles. The summed E-state index contributed by atoms with van der Waals surface area (Å²) in [5.74, 6) is -0.654. The minimum absolute atomic E-state index is 0.0817. The van der Waals surface area contributed by atoms with E-state index in [1.54, 1.807) is 6.92 Å². The van der Waals surface area contributed by atoms with Gasteiger partial charge in [-0.2, -0.15) is 0 Å². The molecule has 6 heteroatoms. The molecule has 0 bridgehead atoms. The summed E-state index contributed by atoms with van der Waals surface area (Å²) in [6, 6.07) is -0.608. The number of nitrogens with one attached hydrogen (secondary N) is 1. The number of carbonyl (C=O) groups excluding carboxylic acids is 3. The average molecular weight is 267 g/mol. The van der Waals surface area contributed by atoms with Crippen LogP contribution < -0.4 is 11.1 Å². The van der Waals surface area contributed by atoms with Gasteiger partial charge in [0.25, 0.3) is 0 Å². The molecular formula is C13H21N3O3. The van der Waals surface area contributed by atoms with Gasteiger partial charge < -0.3 is 11.1 Å². The molecule has 0 aromatic rings. The summed E-state index contributed by atoms with van der Waals surface area (Å²) < 4.78 is 0. The number of rotatable bonds is 5. The lowest BCUT2D eigenvalue weighted by molar-refractivity contribution is -0.141. The minimum Gasteiger partial charge on any atom is -0.370 e. The van der Waals surface area contributed by atoms with Crippen LogP contribution in [0.4, 0.5) is 0 Å². The third-order valence-corrected chi connectivity index (χ3v) is 3.87. The van der Waals surface area contributed by atoms with Crippen molar-refractivity contribution >= 4 is 17.7 Å². The van der Waals surface area contributed by atoms with Gasteiger partial charge in [-0.3, -0.25) is 19.3 Å². The molecule has 1 saturated heterocycles. The van der Waals surface area contributed by atoms with Gasteiger partial charge in [-0.05, 0) is 19.8 Å². The van der Waals surface area contributed by atoms with Crippen molar-refractivity contribution in [3.05, 3.63) is 0 Å². The molecule has 6 nitrogen and oxygen atoms in total. The molecule has 0 radical (unpaired) electrons. The maximum Gasteiger partial charge on any atom is 0.247 e. The van der Waals surface area contributed by atoms with E-state index in [1.165, 1.54) is 4.90 Å². The van der Waals surface area contributed by atoms with Gasteiger partial charge in [0, 0.05) is 18.5 Å². The SMILES string of the molecule is CC(CC(N)=O)NC1CC(=O)N(C2CCCC2)C1=O. The largest absolute Gasteiger partial charge is 0.370 e. The molecule has 2 fully saturated rings. The number of likely N-dealkylation sites (tertiary alicyclic amines) is 1. The average Bonchev–Trinajstić information content (AvgIpc) is 2.87. The van der Waals surface area contributed by atoms with Crippen LogP contribution in [-0.2, 0) is 14.4 Å². The summed E-state index contributed by atoms with van der Waals surface area (Å²) in [7, 11) is 0. The van der Waals surface area contributed by atoms with Gasteiger partial charge in [-0.25, -0.2) is 0 Å². The Morgan fingerprint density at radius 1 is 1.42 bits per heavy atom. The lowest BCUT2D eigenvalue weighted by Crippen LogP contribution is -2.46. The third kappa shape index (κ3) is 3.12. The molecule has 106 valence electrons. The second-order valence-electron chi connectivity index (χ2n) is 5.54. The smallest absolute Gasteiger partial charge is 0.247 e. The molecule has 3 amide bonds. The molecule has 19 heavy (non-hydrogen) atoms. The number of primary amides is 1. The van der Waals surface area contributed by atoms with E-state index < -0.39 is 11.9 Å². The molecule has 1 aliphatic carbocycles. The number of carbonyl (C=O) groups is 3. The molecular weight excluding hydrogens is 246 g/mol. The second kappa shape index (κ2) is 5.69. The number of nitrogens with two attached hydrogens (primary N) is 1. The molecule has 2 unspecified atom stereocenters. The Balaban J connectivity index is 1.95. The first-order valence-corrected chi connectivity index (χ1v) is 6.89. The number of hydrogen-bond acceptors (Lipinski definition) is 4. The maximum atomic E-state index is 12.3. The van der Waals surface area contributed by atoms with E-state index in [9.17, 15) is 14.4 Å². The first-order chi connectivity index (χ1) is 8.99. The Morgan fingerprint density at radius 3 is 2.63 bits per heavy atom. The highest BCUT2D eigenvalue weighted by molar-refractivity contribution is 6.05. The van der Waals surface area contributed by atoms with Crippen molar-refractivity contribution in [3.63, 3.8) is 0 Å². The molecule has 0 spiro atoms. The minimum atomic E-state index is -0.498. The summed E-state index contributed by atoms with van der Waals surface area (Å²) >= 11 is 0.